The molecule has 9 nitrogen and oxygen atoms in total. The van der Waals surface area contributed by atoms with Gasteiger partial charge in [0.2, 0.25) is 5.91 Å². The Hall–Kier alpha value is -2.69. The molecule has 2 aromatic rings. The van der Waals surface area contributed by atoms with Gasteiger partial charge in [-0.05, 0) is 48.7 Å². The molecule has 3 heterocycles. The highest BCUT2D eigenvalue weighted by molar-refractivity contribution is 7.91. The standard InChI is InChI=1S/C22H29N3O6S/c26-19-6-9-25(10-7-19)14-17-5-8-23-18(12-17)3-4-20(27)13-24-22(28)16-32(29,30)15-21-2-1-11-31-21/h1-2,4-5,8,11-12,19,26-27H,3,6-7,9-10,13-16H2,(H,24,28). The molecule has 0 aromatic carbocycles. The van der Waals surface area contributed by atoms with Crippen molar-refractivity contribution in [2.24, 2.45) is 0 Å². The van der Waals surface area contributed by atoms with Crippen LogP contribution in [0.2, 0.25) is 0 Å². The first kappa shape index (κ1) is 24.0. The molecule has 1 fully saturated rings. The molecular formula is C22H29N3O6S. The van der Waals surface area contributed by atoms with Crippen LogP contribution in [0, 0.1) is 0 Å². The van der Waals surface area contributed by atoms with E-state index in [1.165, 1.54) is 12.3 Å². The van der Waals surface area contributed by atoms with E-state index in [0.29, 0.717) is 6.42 Å². The number of nitrogens with one attached hydrogen (secondary N) is 1. The summed E-state index contributed by atoms with van der Waals surface area (Å²) >= 11 is 0. The van der Waals surface area contributed by atoms with E-state index in [1.807, 2.05) is 12.1 Å². The summed E-state index contributed by atoms with van der Waals surface area (Å²) in [6.07, 6.45) is 6.38. The van der Waals surface area contributed by atoms with Crippen LogP contribution in [0.15, 0.2) is 53.0 Å². The van der Waals surface area contributed by atoms with Gasteiger partial charge in [-0.15, -0.1) is 0 Å². The number of hydrogen-bond donors (Lipinski definition) is 3. The molecule has 3 rings (SSSR count). The summed E-state index contributed by atoms with van der Waals surface area (Å²) in [4.78, 5) is 18.5. The molecule has 1 aliphatic rings. The number of carbonyl (C=O) groups is 1. The summed E-state index contributed by atoms with van der Waals surface area (Å²) in [5.74, 6) is -1.52. The van der Waals surface area contributed by atoms with E-state index in [9.17, 15) is 23.4 Å². The van der Waals surface area contributed by atoms with E-state index < -0.39 is 21.5 Å². The zero-order chi connectivity index (χ0) is 23.0. The van der Waals surface area contributed by atoms with Crippen molar-refractivity contribution in [1.82, 2.24) is 15.2 Å². The molecule has 1 amide bonds. The molecular weight excluding hydrogens is 434 g/mol. The Balaban J connectivity index is 1.43. The fourth-order valence-electron chi connectivity index (χ4n) is 3.47. The molecule has 3 N–H and O–H groups in total. The fourth-order valence-corrected chi connectivity index (χ4v) is 4.67. The van der Waals surface area contributed by atoms with Gasteiger partial charge in [0.1, 0.15) is 23.0 Å². The van der Waals surface area contributed by atoms with Crippen molar-refractivity contribution < 1.29 is 27.8 Å². The molecule has 2 aromatic heterocycles. The molecule has 32 heavy (non-hydrogen) atoms. The second-order valence-electron chi connectivity index (χ2n) is 7.95. The summed E-state index contributed by atoms with van der Waals surface area (Å²) in [7, 11) is -3.66. The summed E-state index contributed by atoms with van der Waals surface area (Å²) in [6.45, 7) is 2.33. The first-order valence-electron chi connectivity index (χ1n) is 10.5. The Bertz CT molecular complexity index is 1010. The van der Waals surface area contributed by atoms with Crippen molar-refractivity contribution >= 4 is 15.7 Å². The molecule has 0 saturated carbocycles. The van der Waals surface area contributed by atoms with Crippen molar-refractivity contribution in [3.8, 4) is 0 Å². The third kappa shape index (κ3) is 8.10. The number of aliphatic hydroxyl groups is 2. The van der Waals surface area contributed by atoms with Crippen LogP contribution < -0.4 is 5.32 Å². The highest BCUT2D eigenvalue weighted by atomic mass is 32.2. The molecule has 0 spiro atoms. The Morgan fingerprint density at radius 1 is 1.31 bits per heavy atom. The van der Waals surface area contributed by atoms with Crippen LogP contribution in [0.1, 0.15) is 29.9 Å². The number of aromatic nitrogens is 1. The van der Waals surface area contributed by atoms with Gasteiger partial charge < -0.3 is 19.9 Å². The maximum Gasteiger partial charge on any atom is 0.235 e. The van der Waals surface area contributed by atoms with Crippen LogP contribution >= 0.6 is 0 Å². The number of pyridine rings is 1. The number of hydrogen-bond acceptors (Lipinski definition) is 8. The molecule has 1 aliphatic heterocycles. The number of piperidine rings is 1. The monoisotopic (exact) mass is 463 g/mol. The first-order valence-corrected chi connectivity index (χ1v) is 12.3. The van der Waals surface area contributed by atoms with E-state index in [2.05, 4.69) is 15.2 Å². The fraction of sp³-hybridized carbons (Fsp3) is 0.455. The highest BCUT2D eigenvalue weighted by Crippen LogP contribution is 2.14. The van der Waals surface area contributed by atoms with E-state index in [-0.39, 0.29) is 29.9 Å². The lowest BCUT2D eigenvalue weighted by atomic mass is 10.1. The van der Waals surface area contributed by atoms with Crippen molar-refractivity contribution in [3.63, 3.8) is 0 Å². The summed E-state index contributed by atoms with van der Waals surface area (Å²) in [5, 5.41) is 22.1. The Morgan fingerprint density at radius 3 is 2.81 bits per heavy atom. The van der Waals surface area contributed by atoms with Gasteiger partial charge in [-0.1, -0.05) is 0 Å². The normalized spacial score (nSPS) is 16.2. The first-order chi connectivity index (χ1) is 15.3. The van der Waals surface area contributed by atoms with Gasteiger partial charge in [0, 0.05) is 37.9 Å². The summed E-state index contributed by atoms with van der Waals surface area (Å²) < 4.78 is 29.1. The van der Waals surface area contributed by atoms with Crippen LogP contribution in [-0.4, -0.2) is 65.9 Å². The predicted octanol–water partition coefficient (Wildman–Crippen LogP) is 1.35. The summed E-state index contributed by atoms with van der Waals surface area (Å²) in [6, 6.07) is 7.03. The third-order valence-corrected chi connectivity index (χ3v) is 6.58. The van der Waals surface area contributed by atoms with Crippen molar-refractivity contribution in [3.05, 3.63) is 65.6 Å². The van der Waals surface area contributed by atoms with Crippen LogP contribution in [-0.2, 0) is 33.4 Å². The maximum absolute atomic E-state index is 12.0. The average Bonchev–Trinajstić information content (AvgIpc) is 3.24. The Labute approximate surface area is 187 Å². The second-order valence-corrected chi connectivity index (χ2v) is 10.0. The largest absolute Gasteiger partial charge is 0.511 e. The summed E-state index contributed by atoms with van der Waals surface area (Å²) in [5.41, 5.74) is 1.88. The van der Waals surface area contributed by atoms with Gasteiger partial charge in [-0.3, -0.25) is 14.7 Å². The molecule has 1 saturated heterocycles. The molecule has 10 heteroatoms. The molecule has 0 bridgehead atoms. The lowest BCUT2D eigenvalue weighted by Crippen LogP contribution is -2.35. The van der Waals surface area contributed by atoms with Crippen LogP contribution in [0.3, 0.4) is 0 Å². The van der Waals surface area contributed by atoms with Crippen LogP contribution in [0.25, 0.3) is 0 Å². The van der Waals surface area contributed by atoms with Crippen molar-refractivity contribution in [2.45, 2.75) is 37.7 Å². The molecule has 0 radical (unpaired) electrons. The number of nitrogens with zero attached hydrogens (tertiary/aromatic N) is 2. The minimum Gasteiger partial charge on any atom is -0.511 e. The van der Waals surface area contributed by atoms with Gasteiger partial charge in [-0.2, -0.15) is 0 Å². The number of amides is 1. The molecule has 0 unspecified atom stereocenters. The minimum atomic E-state index is -3.66. The molecule has 0 atom stereocenters. The number of sulfone groups is 1. The predicted molar refractivity (Wildman–Crippen MR) is 118 cm³/mol. The number of likely N-dealkylation sites (tertiary alicyclic amines) is 1. The lowest BCUT2D eigenvalue weighted by molar-refractivity contribution is -0.118. The quantitative estimate of drug-likeness (QED) is 0.450. The van der Waals surface area contributed by atoms with Crippen molar-refractivity contribution in [1.29, 1.82) is 0 Å². The van der Waals surface area contributed by atoms with Gasteiger partial charge in [0.15, 0.2) is 9.84 Å². The van der Waals surface area contributed by atoms with E-state index in [4.69, 9.17) is 4.42 Å². The van der Waals surface area contributed by atoms with E-state index in [1.54, 1.807) is 18.3 Å². The average molecular weight is 464 g/mol. The Morgan fingerprint density at radius 2 is 2.09 bits per heavy atom. The second kappa shape index (κ2) is 11.3. The smallest absolute Gasteiger partial charge is 0.235 e. The molecule has 174 valence electrons. The Kier molecular flexibility index (Phi) is 8.43. The zero-order valence-electron chi connectivity index (χ0n) is 17.8. The number of furan rings is 1. The molecule has 0 aliphatic carbocycles. The van der Waals surface area contributed by atoms with Gasteiger partial charge in [0.05, 0.1) is 18.9 Å². The number of allylic oxidation sites excluding steroid dienone is 1. The zero-order valence-corrected chi connectivity index (χ0v) is 18.6. The van der Waals surface area contributed by atoms with Gasteiger partial charge >= 0.3 is 0 Å². The topological polar surface area (TPSA) is 133 Å². The van der Waals surface area contributed by atoms with E-state index >= 15 is 0 Å². The van der Waals surface area contributed by atoms with Crippen molar-refractivity contribution in [2.75, 3.05) is 25.4 Å². The number of carbonyl (C=O) groups excluding carboxylic acids is 1. The van der Waals surface area contributed by atoms with Crippen LogP contribution in [0.5, 0.6) is 0 Å². The lowest BCUT2D eigenvalue weighted by Gasteiger charge is -2.29. The van der Waals surface area contributed by atoms with Crippen LogP contribution in [0.4, 0.5) is 0 Å². The highest BCUT2D eigenvalue weighted by Gasteiger charge is 2.19. The van der Waals surface area contributed by atoms with E-state index in [0.717, 1.165) is 43.7 Å². The van der Waals surface area contributed by atoms with Gasteiger partial charge in [0.25, 0.3) is 0 Å². The minimum absolute atomic E-state index is 0.0704. The van der Waals surface area contributed by atoms with Gasteiger partial charge in [-0.25, -0.2) is 8.42 Å². The number of rotatable bonds is 10. The maximum atomic E-state index is 12.0. The SMILES string of the molecule is O=C(CS(=O)(=O)Cc1ccco1)NCC(O)=CCc1cc(CN2CCC(O)CC2)ccn1. The number of aliphatic hydroxyl groups excluding tert-OH is 2. The third-order valence-electron chi connectivity index (χ3n) is 5.15.